The Bertz CT molecular complexity index is 606. The average molecular weight is 282 g/mol. The lowest BCUT2D eigenvalue weighted by Gasteiger charge is -2.07. The van der Waals surface area contributed by atoms with E-state index in [-0.39, 0.29) is 18.2 Å². The number of urea groups is 1. The maximum absolute atomic E-state index is 11.9. The number of anilines is 1. The summed E-state index contributed by atoms with van der Waals surface area (Å²) in [4.78, 5) is 23.6. The second-order valence-electron chi connectivity index (χ2n) is 4.79. The second kappa shape index (κ2) is 7.24. The molecule has 0 bridgehead atoms. The second-order valence-corrected chi connectivity index (χ2v) is 4.79. The van der Waals surface area contributed by atoms with Crippen LogP contribution in [-0.2, 0) is 0 Å². The minimum atomic E-state index is -0.307. The van der Waals surface area contributed by atoms with Gasteiger partial charge in [0.25, 0.3) is 0 Å². The van der Waals surface area contributed by atoms with Crippen molar-refractivity contribution in [3.05, 3.63) is 65.7 Å². The molecular weight excluding hydrogens is 264 g/mol. The molecule has 0 aliphatic carbocycles. The number of benzene rings is 2. The highest BCUT2D eigenvalue weighted by atomic mass is 16.2. The Morgan fingerprint density at radius 3 is 2.29 bits per heavy atom. The molecule has 2 amide bonds. The highest BCUT2D eigenvalue weighted by Gasteiger charge is 2.06. The van der Waals surface area contributed by atoms with Gasteiger partial charge in [0.15, 0.2) is 5.78 Å². The highest BCUT2D eigenvalue weighted by molar-refractivity contribution is 5.96. The molecule has 0 radical (unpaired) electrons. The van der Waals surface area contributed by atoms with Crippen LogP contribution >= 0.6 is 0 Å². The zero-order chi connectivity index (χ0) is 15.1. The van der Waals surface area contributed by atoms with Gasteiger partial charge in [0.1, 0.15) is 0 Å². The summed E-state index contributed by atoms with van der Waals surface area (Å²) in [6.07, 6.45) is 0.283. The molecule has 0 aliphatic heterocycles. The quantitative estimate of drug-likeness (QED) is 0.826. The van der Waals surface area contributed by atoms with E-state index in [1.165, 1.54) is 0 Å². The molecule has 108 valence electrons. The van der Waals surface area contributed by atoms with Crippen molar-refractivity contribution >= 4 is 17.5 Å². The van der Waals surface area contributed by atoms with Crippen molar-refractivity contribution in [2.24, 2.45) is 0 Å². The molecule has 2 aromatic rings. The van der Waals surface area contributed by atoms with Crippen LogP contribution in [0.4, 0.5) is 10.5 Å². The van der Waals surface area contributed by atoms with Crippen LogP contribution in [0, 0.1) is 6.92 Å². The molecule has 0 saturated carbocycles. The van der Waals surface area contributed by atoms with Gasteiger partial charge in [-0.15, -0.1) is 0 Å². The van der Waals surface area contributed by atoms with Gasteiger partial charge in [-0.05, 0) is 19.1 Å². The number of para-hydroxylation sites is 1. The number of Topliss-reactive ketones (excluding diaryl/α,β-unsaturated/α-hetero) is 1. The van der Waals surface area contributed by atoms with Crippen LogP contribution in [0.2, 0.25) is 0 Å². The summed E-state index contributed by atoms with van der Waals surface area (Å²) in [6, 6.07) is 16.3. The standard InChI is InChI=1S/C17H18N2O2/c1-13-7-9-14(10-8-13)16(20)11-12-18-17(21)19-15-5-3-2-4-6-15/h2-10H,11-12H2,1H3,(H2,18,19,21). The minimum absolute atomic E-state index is 0.0232. The first-order valence-corrected chi connectivity index (χ1v) is 6.85. The van der Waals surface area contributed by atoms with Crippen LogP contribution in [0.3, 0.4) is 0 Å². The van der Waals surface area contributed by atoms with Crippen molar-refractivity contribution in [1.29, 1.82) is 0 Å². The van der Waals surface area contributed by atoms with Crippen molar-refractivity contribution in [2.75, 3.05) is 11.9 Å². The summed E-state index contributed by atoms with van der Waals surface area (Å²) in [5.41, 5.74) is 2.51. The maximum Gasteiger partial charge on any atom is 0.319 e. The lowest BCUT2D eigenvalue weighted by molar-refractivity contribution is 0.0984. The molecule has 4 nitrogen and oxygen atoms in total. The first-order valence-electron chi connectivity index (χ1n) is 6.85. The van der Waals surface area contributed by atoms with Crippen LogP contribution in [0.25, 0.3) is 0 Å². The van der Waals surface area contributed by atoms with Crippen molar-refractivity contribution in [1.82, 2.24) is 5.32 Å². The monoisotopic (exact) mass is 282 g/mol. The van der Waals surface area contributed by atoms with Gasteiger partial charge in [0, 0.05) is 24.2 Å². The zero-order valence-corrected chi connectivity index (χ0v) is 11.9. The van der Waals surface area contributed by atoms with E-state index < -0.39 is 0 Å². The third kappa shape index (κ3) is 4.76. The highest BCUT2D eigenvalue weighted by Crippen LogP contribution is 2.06. The predicted molar refractivity (Wildman–Crippen MR) is 83.6 cm³/mol. The molecule has 0 heterocycles. The molecule has 2 rings (SSSR count). The lowest BCUT2D eigenvalue weighted by atomic mass is 10.1. The molecule has 0 fully saturated rings. The molecule has 2 N–H and O–H groups in total. The summed E-state index contributed by atoms with van der Waals surface area (Å²) < 4.78 is 0. The number of ketones is 1. The minimum Gasteiger partial charge on any atom is -0.337 e. The molecule has 0 atom stereocenters. The topological polar surface area (TPSA) is 58.2 Å². The predicted octanol–water partition coefficient (Wildman–Crippen LogP) is 3.39. The maximum atomic E-state index is 11.9. The Hall–Kier alpha value is -2.62. The zero-order valence-electron chi connectivity index (χ0n) is 11.9. The average Bonchev–Trinajstić information content (AvgIpc) is 2.49. The third-order valence-electron chi connectivity index (χ3n) is 3.04. The Balaban J connectivity index is 1.75. The molecule has 21 heavy (non-hydrogen) atoms. The van der Waals surface area contributed by atoms with E-state index >= 15 is 0 Å². The normalized spacial score (nSPS) is 9.95. The van der Waals surface area contributed by atoms with Crippen LogP contribution in [-0.4, -0.2) is 18.4 Å². The van der Waals surface area contributed by atoms with Crippen LogP contribution in [0.1, 0.15) is 22.3 Å². The number of aryl methyl sites for hydroxylation is 1. The molecule has 0 unspecified atom stereocenters. The summed E-state index contributed by atoms with van der Waals surface area (Å²) in [5.74, 6) is 0.0232. The van der Waals surface area contributed by atoms with Gasteiger partial charge in [-0.2, -0.15) is 0 Å². The number of nitrogens with one attached hydrogen (secondary N) is 2. The molecule has 2 aromatic carbocycles. The summed E-state index contributed by atoms with van der Waals surface area (Å²) in [7, 11) is 0. The Morgan fingerprint density at radius 2 is 1.62 bits per heavy atom. The fraction of sp³-hybridized carbons (Fsp3) is 0.176. The van der Waals surface area contributed by atoms with Gasteiger partial charge in [-0.1, -0.05) is 48.0 Å². The summed E-state index contributed by atoms with van der Waals surface area (Å²) >= 11 is 0. The Morgan fingerprint density at radius 1 is 0.952 bits per heavy atom. The van der Waals surface area contributed by atoms with Gasteiger partial charge < -0.3 is 10.6 Å². The van der Waals surface area contributed by atoms with E-state index in [9.17, 15) is 9.59 Å². The van der Waals surface area contributed by atoms with Gasteiger partial charge >= 0.3 is 6.03 Å². The fourth-order valence-electron chi connectivity index (χ4n) is 1.87. The van der Waals surface area contributed by atoms with Crippen LogP contribution in [0.15, 0.2) is 54.6 Å². The summed E-state index contributed by atoms with van der Waals surface area (Å²) in [6.45, 7) is 2.29. The molecule has 4 heteroatoms. The Labute approximate surface area is 124 Å². The third-order valence-corrected chi connectivity index (χ3v) is 3.04. The van der Waals surface area contributed by atoms with Crippen molar-refractivity contribution < 1.29 is 9.59 Å². The smallest absolute Gasteiger partial charge is 0.319 e. The lowest BCUT2D eigenvalue weighted by Crippen LogP contribution is -2.30. The van der Waals surface area contributed by atoms with E-state index in [2.05, 4.69) is 10.6 Å². The largest absolute Gasteiger partial charge is 0.337 e. The fourth-order valence-corrected chi connectivity index (χ4v) is 1.87. The van der Waals surface area contributed by atoms with Gasteiger partial charge in [-0.25, -0.2) is 4.79 Å². The van der Waals surface area contributed by atoms with Crippen LogP contribution in [0.5, 0.6) is 0 Å². The van der Waals surface area contributed by atoms with Crippen molar-refractivity contribution in [2.45, 2.75) is 13.3 Å². The number of rotatable bonds is 5. The van der Waals surface area contributed by atoms with E-state index in [0.29, 0.717) is 12.1 Å². The first kappa shape index (κ1) is 14.8. The number of carbonyl (C=O) groups excluding carboxylic acids is 2. The van der Waals surface area contributed by atoms with E-state index in [1.807, 2.05) is 49.4 Å². The number of amides is 2. The SMILES string of the molecule is Cc1ccc(C(=O)CCNC(=O)Nc2ccccc2)cc1. The number of hydrogen-bond donors (Lipinski definition) is 2. The van der Waals surface area contributed by atoms with Crippen molar-refractivity contribution in [3.8, 4) is 0 Å². The van der Waals surface area contributed by atoms with Crippen LogP contribution < -0.4 is 10.6 Å². The summed E-state index contributed by atoms with van der Waals surface area (Å²) in [5, 5.41) is 5.37. The molecule has 0 saturated heterocycles. The molecule has 0 aromatic heterocycles. The molecule has 0 spiro atoms. The van der Waals surface area contributed by atoms with Gasteiger partial charge in [0.05, 0.1) is 0 Å². The van der Waals surface area contributed by atoms with E-state index in [1.54, 1.807) is 12.1 Å². The Kier molecular flexibility index (Phi) is 5.10. The number of hydrogen-bond acceptors (Lipinski definition) is 2. The molecule has 0 aliphatic rings. The van der Waals surface area contributed by atoms with Gasteiger partial charge in [-0.3, -0.25) is 4.79 Å². The van der Waals surface area contributed by atoms with E-state index in [0.717, 1.165) is 11.3 Å². The van der Waals surface area contributed by atoms with Gasteiger partial charge in [0.2, 0.25) is 0 Å². The first-order chi connectivity index (χ1) is 10.1. The molecular formula is C17H18N2O2. The van der Waals surface area contributed by atoms with Crippen molar-refractivity contribution in [3.63, 3.8) is 0 Å². The van der Waals surface area contributed by atoms with E-state index in [4.69, 9.17) is 0 Å². The number of carbonyl (C=O) groups is 2.